The Hall–Kier alpha value is -1.34. The Morgan fingerprint density at radius 2 is 2.11 bits per heavy atom. The Morgan fingerprint density at radius 3 is 2.61 bits per heavy atom. The van der Waals surface area contributed by atoms with E-state index in [1.165, 1.54) is 12.3 Å². The van der Waals surface area contributed by atoms with Gasteiger partial charge in [0.1, 0.15) is 11.6 Å². The Bertz CT molecular complexity index is 488. The van der Waals surface area contributed by atoms with Crippen LogP contribution in [-0.2, 0) is 14.6 Å². The molecule has 102 valence electrons. The van der Waals surface area contributed by atoms with Crippen LogP contribution in [0.2, 0.25) is 0 Å². The van der Waals surface area contributed by atoms with Gasteiger partial charge < -0.3 is 11.1 Å². The minimum absolute atomic E-state index is 0. The van der Waals surface area contributed by atoms with E-state index in [1.807, 2.05) is 0 Å². The van der Waals surface area contributed by atoms with Crippen LogP contribution in [0, 0.1) is 0 Å². The Labute approximate surface area is 112 Å². The van der Waals surface area contributed by atoms with Crippen LogP contribution in [0.3, 0.4) is 0 Å². The number of nitrogens with two attached hydrogens (primary N) is 1. The summed E-state index contributed by atoms with van der Waals surface area (Å²) in [6.07, 6.45) is 1.87. The summed E-state index contributed by atoms with van der Waals surface area (Å²) >= 11 is 0. The van der Waals surface area contributed by atoms with Crippen molar-refractivity contribution in [2.75, 3.05) is 22.6 Å². The summed E-state index contributed by atoms with van der Waals surface area (Å²) < 4.78 is 22.8. The molecule has 3 N–H and O–H groups in total. The lowest BCUT2D eigenvalue weighted by Crippen LogP contribution is -2.24. The quantitative estimate of drug-likeness (QED) is 0.838. The normalized spacial score (nSPS) is 10.5. The van der Waals surface area contributed by atoms with Crippen molar-refractivity contribution in [2.24, 2.45) is 0 Å². The van der Waals surface area contributed by atoms with Gasteiger partial charge in [-0.25, -0.2) is 13.4 Å². The molecule has 6 nitrogen and oxygen atoms in total. The topological polar surface area (TPSA) is 102 Å². The number of aromatic nitrogens is 1. The third kappa shape index (κ3) is 5.83. The van der Waals surface area contributed by atoms with Gasteiger partial charge in [0.05, 0.1) is 17.6 Å². The first-order valence-electron chi connectivity index (χ1n) is 5.15. The smallest absolute Gasteiger partial charge is 0.239 e. The maximum absolute atomic E-state index is 11.4. The number of nitrogens with one attached hydrogen (secondary N) is 1. The van der Waals surface area contributed by atoms with Gasteiger partial charge in [0.25, 0.3) is 0 Å². The van der Waals surface area contributed by atoms with Gasteiger partial charge in [-0.2, -0.15) is 0 Å². The molecule has 1 aromatic heterocycles. The van der Waals surface area contributed by atoms with Crippen LogP contribution in [0.15, 0.2) is 18.3 Å². The number of pyridine rings is 1. The van der Waals surface area contributed by atoms with Crippen molar-refractivity contribution >= 4 is 39.7 Å². The molecule has 0 atom stereocenters. The number of nitrogens with zero attached hydrogens (tertiary/aromatic N) is 1. The lowest BCUT2D eigenvalue weighted by atomic mass is 10.4. The highest BCUT2D eigenvalue weighted by Crippen LogP contribution is 2.07. The van der Waals surface area contributed by atoms with E-state index in [0.29, 0.717) is 17.9 Å². The molecule has 0 saturated heterocycles. The summed E-state index contributed by atoms with van der Waals surface area (Å²) in [6.45, 7) is 1.75. The zero-order chi connectivity index (χ0) is 12.9. The van der Waals surface area contributed by atoms with Gasteiger partial charge in [0, 0.05) is 0 Å². The highest BCUT2D eigenvalue weighted by atomic mass is 35.5. The van der Waals surface area contributed by atoms with Gasteiger partial charge in [0.2, 0.25) is 5.91 Å². The van der Waals surface area contributed by atoms with Crippen molar-refractivity contribution in [2.45, 2.75) is 13.3 Å². The molecule has 0 bridgehead atoms. The van der Waals surface area contributed by atoms with Crippen molar-refractivity contribution < 1.29 is 13.2 Å². The van der Waals surface area contributed by atoms with Crippen molar-refractivity contribution in [3.8, 4) is 0 Å². The molecule has 0 fully saturated rings. The lowest BCUT2D eigenvalue weighted by Gasteiger charge is -2.05. The molecule has 0 spiro atoms. The number of hydrogen-bond donors (Lipinski definition) is 2. The first kappa shape index (κ1) is 16.7. The van der Waals surface area contributed by atoms with Crippen LogP contribution < -0.4 is 11.1 Å². The van der Waals surface area contributed by atoms with Gasteiger partial charge in [-0.1, -0.05) is 6.92 Å². The number of carbonyl (C=O) groups excluding carboxylic acids is 1. The Balaban J connectivity index is 0.00000289. The highest BCUT2D eigenvalue weighted by Gasteiger charge is 2.15. The van der Waals surface area contributed by atoms with Gasteiger partial charge in [-0.3, -0.25) is 4.79 Å². The molecule has 18 heavy (non-hydrogen) atoms. The molecule has 8 heteroatoms. The standard InChI is InChI=1S/C10H15N3O3S.ClH/c1-2-5-17(15,16)7-10(14)13-8-3-4-9(11)12-6-8;/h3-4,6H,2,5,7H2,1H3,(H2,11,12)(H,13,14);1H. The van der Waals surface area contributed by atoms with Crippen LogP contribution in [0.25, 0.3) is 0 Å². The molecular formula is C10H16ClN3O3S. The first-order chi connectivity index (χ1) is 7.93. The van der Waals surface area contributed by atoms with Gasteiger partial charge >= 0.3 is 0 Å². The van der Waals surface area contributed by atoms with Crippen LogP contribution in [0.5, 0.6) is 0 Å². The van der Waals surface area contributed by atoms with E-state index < -0.39 is 21.5 Å². The number of rotatable bonds is 5. The van der Waals surface area contributed by atoms with Crippen LogP contribution >= 0.6 is 12.4 Å². The largest absolute Gasteiger partial charge is 0.384 e. The summed E-state index contributed by atoms with van der Waals surface area (Å²) in [5, 5.41) is 2.45. The molecule has 1 amide bonds. The van der Waals surface area contributed by atoms with Crippen LogP contribution in [0.4, 0.5) is 11.5 Å². The average molecular weight is 294 g/mol. The second kappa shape index (κ2) is 7.17. The molecule has 0 aliphatic heterocycles. The molecule has 0 aliphatic rings. The summed E-state index contributed by atoms with van der Waals surface area (Å²) in [4.78, 5) is 15.2. The number of amides is 1. The van der Waals surface area contributed by atoms with E-state index in [0.717, 1.165) is 0 Å². The number of hydrogen-bond acceptors (Lipinski definition) is 5. The SMILES string of the molecule is CCCS(=O)(=O)CC(=O)Nc1ccc(N)nc1.Cl. The average Bonchev–Trinajstić information content (AvgIpc) is 2.20. The number of sulfone groups is 1. The summed E-state index contributed by atoms with van der Waals surface area (Å²) in [5.41, 5.74) is 5.81. The van der Waals surface area contributed by atoms with Crippen molar-refractivity contribution in [3.63, 3.8) is 0 Å². The Kier molecular flexibility index (Phi) is 6.64. The zero-order valence-corrected chi connectivity index (χ0v) is 11.6. The van der Waals surface area contributed by atoms with E-state index in [9.17, 15) is 13.2 Å². The third-order valence-electron chi connectivity index (χ3n) is 1.94. The van der Waals surface area contributed by atoms with Gasteiger partial charge in [-0.05, 0) is 18.6 Å². The third-order valence-corrected chi connectivity index (χ3v) is 3.67. The van der Waals surface area contributed by atoms with Crippen molar-refractivity contribution in [3.05, 3.63) is 18.3 Å². The molecule has 0 radical (unpaired) electrons. The maximum Gasteiger partial charge on any atom is 0.239 e. The predicted molar refractivity (Wildman–Crippen MR) is 73.5 cm³/mol. The number of anilines is 2. The van der Waals surface area contributed by atoms with Crippen molar-refractivity contribution in [1.82, 2.24) is 4.98 Å². The molecule has 1 aromatic rings. The van der Waals surface area contributed by atoms with Gasteiger partial charge in [-0.15, -0.1) is 12.4 Å². The van der Waals surface area contributed by atoms with E-state index in [-0.39, 0.29) is 18.2 Å². The fourth-order valence-electron chi connectivity index (χ4n) is 1.26. The van der Waals surface area contributed by atoms with E-state index >= 15 is 0 Å². The summed E-state index contributed by atoms with van der Waals surface area (Å²) in [7, 11) is -3.32. The van der Waals surface area contributed by atoms with Crippen molar-refractivity contribution in [1.29, 1.82) is 0 Å². The fraction of sp³-hybridized carbons (Fsp3) is 0.400. The van der Waals surface area contributed by atoms with E-state index in [1.54, 1.807) is 13.0 Å². The van der Waals surface area contributed by atoms with E-state index in [4.69, 9.17) is 5.73 Å². The molecule has 0 unspecified atom stereocenters. The monoisotopic (exact) mass is 293 g/mol. The number of nitrogen functional groups attached to an aromatic ring is 1. The van der Waals surface area contributed by atoms with E-state index in [2.05, 4.69) is 10.3 Å². The number of carbonyl (C=O) groups is 1. The second-order valence-corrected chi connectivity index (χ2v) is 5.80. The molecule has 0 aliphatic carbocycles. The fourth-order valence-corrected chi connectivity index (χ4v) is 2.50. The molecule has 1 heterocycles. The molecular weight excluding hydrogens is 278 g/mol. The molecule has 1 rings (SSSR count). The molecule has 0 saturated carbocycles. The lowest BCUT2D eigenvalue weighted by molar-refractivity contribution is -0.113. The minimum Gasteiger partial charge on any atom is -0.384 e. The maximum atomic E-state index is 11.4. The van der Waals surface area contributed by atoms with Gasteiger partial charge in [0.15, 0.2) is 9.84 Å². The highest BCUT2D eigenvalue weighted by molar-refractivity contribution is 7.92. The summed E-state index contributed by atoms with van der Waals surface area (Å²) in [6, 6.07) is 3.09. The first-order valence-corrected chi connectivity index (χ1v) is 6.97. The van der Waals surface area contributed by atoms with Crippen LogP contribution in [0.1, 0.15) is 13.3 Å². The minimum atomic E-state index is -3.32. The van der Waals surface area contributed by atoms with Crippen LogP contribution in [-0.4, -0.2) is 30.8 Å². The summed E-state index contributed by atoms with van der Waals surface area (Å²) in [5.74, 6) is -0.724. The predicted octanol–water partition coefficient (Wildman–Crippen LogP) is 0.849. The zero-order valence-electron chi connectivity index (χ0n) is 9.92. The molecule has 0 aromatic carbocycles. The number of halogens is 1. The second-order valence-electron chi connectivity index (χ2n) is 3.61. The Morgan fingerprint density at radius 1 is 1.44 bits per heavy atom.